The second-order valence-corrected chi connectivity index (χ2v) is 10.5. The zero-order chi connectivity index (χ0) is 21.6. The number of hydrogen-bond donors (Lipinski definition) is 0. The standard InChI is InChI=1S/C20H21ClN4O3S2/c1-12-17-13(2)22-14(3)23-19(17)29-18(12)20(26)24-8-10-25(11-9-24)30(27,28)16-7-5-4-6-15(16)21/h4-7H,8-11H2,1-3H3. The molecule has 1 saturated heterocycles. The normalized spacial score (nSPS) is 15.7. The smallest absolute Gasteiger partial charge is 0.264 e. The molecule has 0 spiro atoms. The molecule has 0 aliphatic carbocycles. The molecule has 4 rings (SSSR count). The number of amides is 1. The van der Waals surface area contributed by atoms with Gasteiger partial charge in [-0.2, -0.15) is 4.31 Å². The number of thiophene rings is 1. The summed E-state index contributed by atoms with van der Waals surface area (Å²) in [5.41, 5.74) is 1.74. The van der Waals surface area contributed by atoms with Gasteiger partial charge in [-0.05, 0) is 38.5 Å². The first kappa shape index (κ1) is 21.2. The number of benzene rings is 1. The van der Waals surface area contributed by atoms with Crippen molar-refractivity contribution >= 4 is 49.1 Å². The number of nitrogens with zero attached hydrogens (tertiary/aromatic N) is 4. The van der Waals surface area contributed by atoms with E-state index in [0.29, 0.717) is 23.8 Å². The molecule has 7 nitrogen and oxygen atoms in total. The summed E-state index contributed by atoms with van der Waals surface area (Å²) >= 11 is 7.45. The Kier molecular flexibility index (Phi) is 5.56. The van der Waals surface area contributed by atoms with Gasteiger partial charge in [0, 0.05) is 37.3 Å². The second-order valence-electron chi connectivity index (χ2n) is 7.22. The lowest BCUT2D eigenvalue weighted by molar-refractivity contribution is 0.0702. The molecule has 0 atom stereocenters. The summed E-state index contributed by atoms with van der Waals surface area (Å²) in [6.45, 7) is 6.75. The van der Waals surface area contributed by atoms with E-state index in [4.69, 9.17) is 11.6 Å². The number of piperazine rings is 1. The Morgan fingerprint density at radius 1 is 1.07 bits per heavy atom. The average molecular weight is 465 g/mol. The van der Waals surface area contributed by atoms with Crippen LogP contribution in [0, 0.1) is 20.8 Å². The van der Waals surface area contributed by atoms with Crippen LogP contribution in [0.4, 0.5) is 0 Å². The number of hydrogen-bond acceptors (Lipinski definition) is 6. The zero-order valence-corrected chi connectivity index (χ0v) is 19.2. The van der Waals surface area contributed by atoms with Crippen molar-refractivity contribution in [3.63, 3.8) is 0 Å². The Balaban J connectivity index is 1.54. The maximum atomic E-state index is 13.2. The van der Waals surface area contributed by atoms with E-state index in [1.807, 2.05) is 20.8 Å². The fraction of sp³-hybridized carbons (Fsp3) is 0.350. The highest BCUT2D eigenvalue weighted by molar-refractivity contribution is 7.89. The highest BCUT2D eigenvalue weighted by Gasteiger charge is 2.32. The Bertz CT molecular complexity index is 1250. The molecule has 0 N–H and O–H groups in total. The first-order valence-electron chi connectivity index (χ1n) is 9.48. The van der Waals surface area contributed by atoms with Crippen LogP contribution >= 0.6 is 22.9 Å². The van der Waals surface area contributed by atoms with Gasteiger partial charge in [-0.3, -0.25) is 4.79 Å². The molecule has 1 aliphatic rings. The minimum Gasteiger partial charge on any atom is -0.335 e. The molecule has 3 aromatic rings. The molecule has 0 bridgehead atoms. The molecule has 30 heavy (non-hydrogen) atoms. The molecule has 1 aromatic carbocycles. The quantitative estimate of drug-likeness (QED) is 0.593. The van der Waals surface area contributed by atoms with Crippen LogP contribution in [-0.2, 0) is 10.0 Å². The third-order valence-electron chi connectivity index (χ3n) is 5.26. The van der Waals surface area contributed by atoms with E-state index in [1.54, 1.807) is 23.1 Å². The Morgan fingerprint density at radius 2 is 1.73 bits per heavy atom. The van der Waals surface area contributed by atoms with Gasteiger partial charge < -0.3 is 4.90 Å². The van der Waals surface area contributed by atoms with Crippen LogP contribution in [0.2, 0.25) is 5.02 Å². The largest absolute Gasteiger partial charge is 0.335 e. The topological polar surface area (TPSA) is 83.5 Å². The van der Waals surface area contributed by atoms with Gasteiger partial charge in [0.1, 0.15) is 15.6 Å². The number of sulfonamides is 1. The fourth-order valence-corrected chi connectivity index (χ4v) is 6.91. The van der Waals surface area contributed by atoms with Gasteiger partial charge in [0.2, 0.25) is 10.0 Å². The molecule has 1 aliphatic heterocycles. The molecule has 0 unspecified atom stereocenters. The Hall–Kier alpha value is -2.07. The van der Waals surface area contributed by atoms with E-state index in [-0.39, 0.29) is 28.9 Å². The third-order valence-corrected chi connectivity index (χ3v) is 8.83. The lowest BCUT2D eigenvalue weighted by atomic mass is 10.1. The number of aryl methyl sites for hydroxylation is 3. The number of halogens is 1. The van der Waals surface area contributed by atoms with Gasteiger partial charge in [0.25, 0.3) is 5.91 Å². The number of aromatic nitrogens is 2. The van der Waals surface area contributed by atoms with Gasteiger partial charge >= 0.3 is 0 Å². The van der Waals surface area contributed by atoms with Gasteiger partial charge in [-0.1, -0.05) is 23.7 Å². The summed E-state index contributed by atoms with van der Waals surface area (Å²) in [5.74, 6) is 0.584. The van der Waals surface area contributed by atoms with Crippen molar-refractivity contribution < 1.29 is 13.2 Å². The molecule has 3 heterocycles. The van der Waals surface area contributed by atoms with E-state index < -0.39 is 10.0 Å². The second kappa shape index (κ2) is 7.88. The molecule has 1 amide bonds. The summed E-state index contributed by atoms with van der Waals surface area (Å²) in [6.07, 6.45) is 0. The fourth-order valence-electron chi connectivity index (χ4n) is 3.75. The molecule has 158 valence electrons. The van der Waals surface area contributed by atoms with Crippen molar-refractivity contribution in [3.8, 4) is 0 Å². The SMILES string of the molecule is Cc1nc(C)c2c(C)c(C(=O)N3CCN(S(=O)(=O)c4ccccc4Cl)CC3)sc2n1. The highest BCUT2D eigenvalue weighted by atomic mass is 35.5. The first-order chi connectivity index (χ1) is 14.2. The summed E-state index contributed by atoms with van der Waals surface area (Å²) in [4.78, 5) is 25.3. The summed E-state index contributed by atoms with van der Waals surface area (Å²) in [6, 6.07) is 6.40. The number of rotatable bonds is 3. The molecule has 0 saturated carbocycles. The van der Waals surface area contributed by atoms with Gasteiger partial charge in [-0.15, -0.1) is 11.3 Å². The van der Waals surface area contributed by atoms with Crippen LogP contribution in [0.15, 0.2) is 29.2 Å². The lowest BCUT2D eigenvalue weighted by Gasteiger charge is -2.34. The predicted molar refractivity (Wildman–Crippen MR) is 118 cm³/mol. The van der Waals surface area contributed by atoms with Crippen molar-refractivity contribution in [1.82, 2.24) is 19.2 Å². The van der Waals surface area contributed by atoms with Crippen molar-refractivity contribution in [2.75, 3.05) is 26.2 Å². The van der Waals surface area contributed by atoms with Gasteiger partial charge in [-0.25, -0.2) is 18.4 Å². The van der Waals surface area contributed by atoms with Crippen LogP contribution in [0.25, 0.3) is 10.2 Å². The van der Waals surface area contributed by atoms with Crippen molar-refractivity contribution in [3.05, 3.63) is 51.2 Å². The number of fused-ring (bicyclic) bond motifs is 1. The summed E-state index contributed by atoms with van der Waals surface area (Å²) in [5, 5.41) is 1.12. The van der Waals surface area contributed by atoms with Crippen molar-refractivity contribution in [2.24, 2.45) is 0 Å². The average Bonchev–Trinajstić information content (AvgIpc) is 3.04. The van der Waals surface area contributed by atoms with Gasteiger partial charge in [0.15, 0.2) is 0 Å². The van der Waals surface area contributed by atoms with Crippen LogP contribution < -0.4 is 0 Å². The number of carbonyl (C=O) groups is 1. The lowest BCUT2D eigenvalue weighted by Crippen LogP contribution is -2.50. The zero-order valence-electron chi connectivity index (χ0n) is 16.8. The van der Waals surface area contributed by atoms with Crippen molar-refractivity contribution in [2.45, 2.75) is 25.7 Å². The molecule has 10 heteroatoms. The summed E-state index contributed by atoms with van der Waals surface area (Å²) < 4.78 is 27.2. The molecule has 1 fully saturated rings. The minimum absolute atomic E-state index is 0.0937. The van der Waals surface area contributed by atoms with Crippen LogP contribution in [-0.4, -0.2) is 59.7 Å². The minimum atomic E-state index is -3.70. The van der Waals surface area contributed by atoms with Crippen molar-refractivity contribution in [1.29, 1.82) is 0 Å². The first-order valence-corrected chi connectivity index (χ1v) is 12.1. The molecule has 2 aromatic heterocycles. The Labute approximate surface area is 184 Å². The van der Waals surface area contributed by atoms with E-state index >= 15 is 0 Å². The maximum absolute atomic E-state index is 13.2. The highest BCUT2D eigenvalue weighted by Crippen LogP contribution is 2.32. The Morgan fingerprint density at radius 3 is 2.40 bits per heavy atom. The van der Waals surface area contributed by atoms with E-state index in [0.717, 1.165) is 21.5 Å². The van der Waals surface area contributed by atoms with Crippen LogP contribution in [0.3, 0.4) is 0 Å². The van der Waals surface area contributed by atoms with E-state index in [9.17, 15) is 13.2 Å². The third kappa shape index (κ3) is 3.60. The number of carbonyl (C=O) groups excluding carboxylic acids is 1. The maximum Gasteiger partial charge on any atom is 0.264 e. The molecule has 0 radical (unpaired) electrons. The molecular formula is C20H21ClN4O3S2. The molecular weight excluding hydrogens is 444 g/mol. The van der Waals surface area contributed by atoms with Gasteiger partial charge in [0.05, 0.1) is 9.90 Å². The van der Waals surface area contributed by atoms with E-state index in [1.165, 1.54) is 21.7 Å². The monoisotopic (exact) mass is 464 g/mol. The van der Waals surface area contributed by atoms with E-state index in [2.05, 4.69) is 9.97 Å². The van der Waals surface area contributed by atoms with Crippen LogP contribution in [0.1, 0.15) is 26.8 Å². The predicted octanol–water partition coefficient (Wildman–Crippen LogP) is 3.42. The summed E-state index contributed by atoms with van der Waals surface area (Å²) in [7, 11) is -3.70. The van der Waals surface area contributed by atoms with Crippen LogP contribution in [0.5, 0.6) is 0 Å².